The van der Waals surface area contributed by atoms with E-state index >= 15 is 0 Å². The normalized spacial score (nSPS) is 14.5. The van der Waals surface area contributed by atoms with Gasteiger partial charge < -0.3 is 15.2 Å². The van der Waals surface area contributed by atoms with Crippen LogP contribution in [0.25, 0.3) is 0 Å². The third-order valence-electron chi connectivity index (χ3n) is 6.20. The fourth-order valence-corrected chi connectivity index (χ4v) is 4.79. The van der Waals surface area contributed by atoms with Crippen molar-refractivity contribution < 1.29 is 18.7 Å². The molecule has 5 rings (SSSR count). The molecule has 1 aliphatic rings. The molecule has 0 radical (unpaired) electrons. The number of carbonyl (C=O) groups is 1. The lowest BCUT2D eigenvalue weighted by molar-refractivity contribution is -0.135. The van der Waals surface area contributed by atoms with Crippen molar-refractivity contribution in [2.45, 2.75) is 11.8 Å². The van der Waals surface area contributed by atoms with Gasteiger partial charge in [0.1, 0.15) is 34.9 Å². The zero-order valence-corrected chi connectivity index (χ0v) is 20.2. The number of rotatable bonds is 5. The van der Waals surface area contributed by atoms with Gasteiger partial charge in [0.15, 0.2) is 0 Å². The average molecular weight is 511 g/mol. The Morgan fingerprint density at radius 3 is 2.22 bits per heavy atom. The van der Waals surface area contributed by atoms with Crippen LogP contribution >= 0.6 is 11.6 Å². The van der Waals surface area contributed by atoms with Gasteiger partial charge in [0.05, 0.1) is 5.92 Å². The molecule has 0 amide bonds. The Morgan fingerprint density at radius 2 is 1.62 bits per heavy atom. The van der Waals surface area contributed by atoms with E-state index < -0.39 is 23.6 Å². The van der Waals surface area contributed by atoms with Crippen molar-refractivity contribution >= 4 is 17.6 Å². The lowest BCUT2D eigenvalue weighted by Crippen LogP contribution is -2.23. The van der Waals surface area contributed by atoms with Crippen LogP contribution in [0.5, 0.6) is 11.5 Å². The molecule has 0 spiro atoms. The minimum absolute atomic E-state index is 0.0393. The quantitative estimate of drug-likeness (QED) is 0.247. The number of hydrogen-bond acceptors (Lipinski definition) is 5. The SMILES string of the molecule is N#CC1=C(N)Oc2cc(OC(=O)C(c3ccccc3)c3ccccc3)ccc2C1c1c(F)cccc1Cl. The molecule has 2 N–H and O–H groups in total. The number of carbonyl (C=O) groups excluding carboxylic acids is 1. The van der Waals surface area contributed by atoms with E-state index in [2.05, 4.69) is 0 Å². The van der Waals surface area contributed by atoms with Crippen LogP contribution in [-0.2, 0) is 4.79 Å². The summed E-state index contributed by atoms with van der Waals surface area (Å²) in [5.74, 6) is -2.31. The average Bonchev–Trinajstić information content (AvgIpc) is 2.90. The topological polar surface area (TPSA) is 85.3 Å². The molecule has 4 aromatic carbocycles. The van der Waals surface area contributed by atoms with Crippen LogP contribution in [-0.4, -0.2) is 5.97 Å². The van der Waals surface area contributed by atoms with Crippen molar-refractivity contribution in [2.75, 3.05) is 0 Å². The van der Waals surface area contributed by atoms with Crippen LogP contribution in [0, 0.1) is 17.1 Å². The molecular formula is C30H20ClFN2O3. The maximum atomic E-state index is 14.9. The maximum absolute atomic E-state index is 14.9. The van der Waals surface area contributed by atoms with Gasteiger partial charge in [0.2, 0.25) is 5.88 Å². The summed E-state index contributed by atoms with van der Waals surface area (Å²) in [6.45, 7) is 0. The number of benzene rings is 4. The summed E-state index contributed by atoms with van der Waals surface area (Å²) in [4.78, 5) is 13.4. The first-order chi connectivity index (χ1) is 18.0. The van der Waals surface area contributed by atoms with Crippen molar-refractivity contribution in [1.29, 1.82) is 5.26 Å². The number of allylic oxidation sites excluding steroid dienone is 1. The molecule has 0 fully saturated rings. The second kappa shape index (κ2) is 10.2. The Hall–Kier alpha value is -4.60. The number of nitrogens with zero attached hydrogens (tertiary/aromatic N) is 1. The van der Waals surface area contributed by atoms with Gasteiger partial charge in [-0.2, -0.15) is 5.26 Å². The van der Waals surface area contributed by atoms with Crippen LogP contribution in [0.4, 0.5) is 4.39 Å². The molecule has 0 aliphatic carbocycles. The molecular weight excluding hydrogens is 491 g/mol. The lowest BCUT2D eigenvalue weighted by atomic mass is 9.83. The van der Waals surface area contributed by atoms with Crippen LogP contribution in [0.2, 0.25) is 5.02 Å². The number of nitrogens with two attached hydrogens (primary N) is 1. The number of fused-ring (bicyclic) bond motifs is 1. The molecule has 37 heavy (non-hydrogen) atoms. The van der Waals surface area contributed by atoms with E-state index in [9.17, 15) is 14.4 Å². The van der Waals surface area contributed by atoms with Gasteiger partial charge in [-0.3, -0.25) is 4.79 Å². The summed E-state index contributed by atoms with van der Waals surface area (Å²) < 4.78 is 26.3. The third kappa shape index (κ3) is 4.65. The highest BCUT2D eigenvalue weighted by molar-refractivity contribution is 6.31. The van der Waals surface area contributed by atoms with E-state index in [0.717, 1.165) is 11.1 Å². The number of ether oxygens (including phenoxy) is 2. The zero-order chi connectivity index (χ0) is 25.9. The molecule has 182 valence electrons. The number of hydrogen-bond donors (Lipinski definition) is 1. The number of halogens is 2. The summed E-state index contributed by atoms with van der Waals surface area (Å²) in [6.07, 6.45) is 0. The predicted molar refractivity (Wildman–Crippen MR) is 138 cm³/mol. The largest absolute Gasteiger partial charge is 0.440 e. The Balaban J connectivity index is 1.52. The maximum Gasteiger partial charge on any atom is 0.323 e. The molecule has 1 atom stereocenters. The lowest BCUT2D eigenvalue weighted by Gasteiger charge is -2.27. The first-order valence-electron chi connectivity index (χ1n) is 11.4. The van der Waals surface area contributed by atoms with Gasteiger partial charge in [-0.1, -0.05) is 84.4 Å². The molecule has 5 nitrogen and oxygen atoms in total. The van der Waals surface area contributed by atoms with Crippen molar-refractivity contribution in [3.8, 4) is 17.6 Å². The van der Waals surface area contributed by atoms with Gasteiger partial charge in [-0.15, -0.1) is 0 Å². The van der Waals surface area contributed by atoms with E-state index in [1.807, 2.05) is 66.7 Å². The van der Waals surface area contributed by atoms with Gasteiger partial charge in [-0.25, -0.2) is 4.39 Å². The van der Waals surface area contributed by atoms with Crippen molar-refractivity contribution in [2.24, 2.45) is 5.73 Å². The van der Waals surface area contributed by atoms with E-state index in [1.165, 1.54) is 18.2 Å². The molecule has 0 saturated carbocycles. The Labute approximate surface area is 218 Å². The number of esters is 1. The summed E-state index contributed by atoms with van der Waals surface area (Å²) in [5.41, 5.74) is 8.24. The second-order valence-corrected chi connectivity index (χ2v) is 8.84. The van der Waals surface area contributed by atoms with Gasteiger partial charge in [0.25, 0.3) is 0 Å². The summed E-state index contributed by atoms with van der Waals surface area (Å²) in [7, 11) is 0. The van der Waals surface area contributed by atoms with Crippen LogP contribution in [0.15, 0.2) is 109 Å². The minimum atomic E-state index is -0.881. The Kier molecular flexibility index (Phi) is 6.63. The van der Waals surface area contributed by atoms with E-state index in [0.29, 0.717) is 5.56 Å². The summed E-state index contributed by atoms with van der Waals surface area (Å²) in [6, 6.07) is 29.7. The second-order valence-electron chi connectivity index (χ2n) is 8.44. The molecule has 0 saturated heterocycles. The Bertz CT molecular complexity index is 1490. The molecule has 0 bridgehead atoms. The highest BCUT2D eigenvalue weighted by Gasteiger charge is 2.34. The number of nitriles is 1. The van der Waals surface area contributed by atoms with E-state index in [-0.39, 0.29) is 33.5 Å². The minimum Gasteiger partial charge on any atom is -0.440 e. The third-order valence-corrected chi connectivity index (χ3v) is 6.53. The highest BCUT2D eigenvalue weighted by Crippen LogP contribution is 2.46. The summed E-state index contributed by atoms with van der Waals surface area (Å²) in [5, 5.41) is 9.90. The molecule has 1 heterocycles. The first-order valence-corrected chi connectivity index (χ1v) is 11.8. The van der Waals surface area contributed by atoms with E-state index in [1.54, 1.807) is 18.2 Å². The van der Waals surface area contributed by atoms with Crippen molar-refractivity contribution in [3.05, 3.63) is 142 Å². The van der Waals surface area contributed by atoms with Crippen LogP contribution in [0.1, 0.15) is 34.1 Å². The smallest absolute Gasteiger partial charge is 0.323 e. The summed E-state index contributed by atoms with van der Waals surface area (Å²) >= 11 is 6.33. The van der Waals surface area contributed by atoms with Gasteiger partial charge in [0, 0.05) is 22.2 Å². The monoisotopic (exact) mass is 510 g/mol. The fourth-order valence-electron chi connectivity index (χ4n) is 4.51. The van der Waals surface area contributed by atoms with Crippen molar-refractivity contribution in [3.63, 3.8) is 0 Å². The Morgan fingerprint density at radius 1 is 0.973 bits per heavy atom. The van der Waals surface area contributed by atoms with E-state index in [4.69, 9.17) is 26.8 Å². The zero-order valence-electron chi connectivity index (χ0n) is 19.4. The standard InChI is InChI=1S/C30H20ClFN2O3/c31-23-12-7-13-24(32)28(23)27-21-15-14-20(16-25(21)37-29(34)22(27)17-33)36-30(35)26(18-8-3-1-4-9-18)19-10-5-2-6-11-19/h1-16,26-27H,34H2. The van der Waals surface area contributed by atoms with Crippen molar-refractivity contribution in [1.82, 2.24) is 0 Å². The molecule has 7 heteroatoms. The van der Waals surface area contributed by atoms with Crippen LogP contribution < -0.4 is 15.2 Å². The molecule has 1 aliphatic heterocycles. The van der Waals surface area contributed by atoms with Gasteiger partial charge >= 0.3 is 5.97 Å². The van der Waals surface area contributed by atoms with Gasteiger partial charge in [-0.05, 0) is 29.3 Å². The fraction of sp³-hybridized carbons (Fsp3) is 0.0667. The highest BCUT2D eigenvalue weighted by atomic mass is 35.5. The molecule has 4 aromatic rings. The van der Waals surface area contributed by atoms with Crippen LogP contribution in [0.3, 0.4) is 0 Å². The molecule has 0 aromatic heterocycles. The predicted octanol–water partition coefficient (Wildman–Crippen LogP) is 6.43. The molecule has 1 unspecified atom stereocenters. The first kappa shape index (κ1) is 24.1.